The minimum absolute atomic E-state index is 0.0926. The van der Waals surface area contributed by atoms with Gasteiger partial charge in [-0.2, -0.15) is 0 Å². The van der Waals surface area contributed by atoms with E-state index >= 15 is 0 Å². The summed E-state index contributed by atoms with van der Waals surface area (Å²) in [5.41, 5.74) is 0. The number of amides is 1. The van der Waals surface area contributed by atoms with Gasteiger partial charge in [0.25, 0.3) is 0 Å². The van der Waals surface area contributed by atoms with E-state index in [0.717, 1.165) is 11.5 Å². The molecule has 2 aromatic rings. The first-order valence-corrected chi connectivity index (χ1v) is 6.05. The Morgan fingerprint density at radius 3 is 1.42 bits per heavy atom. The van der Waals surface area contributed by atoms with Gasteiger partial charge >= 0.3 is 0 Å². The van der Waals surface area contributed by atoms with Crippen LogP contribution in [0.2, 0.25) is 0 Å². The normalized spacial score (nSPS) is 9.00. The van der Waals surface area contributed by atoms with Crippen LogP contribution in [-0.4, -0.2) is 24.9 Å². The molecule has 19 heavy (non-hydrogen) atoms. The minimum Gasteiger partial charge on any atom is -0.457 e. The van der Waals surface area contributed by atoms with Gasteiger partial charge in [-0.05, 0) is 24.3 Å². The summed E-state index contributed by atoms with van der Waals surface area (Å²) in [6.07, 6.45) is 0. The van der Waals surface area contributed by atoms with Gasteiger partial charge in [0.05, 0.1) is 0 Å². The lowest BCUT2D eigenvalue weighted by molar-refractivity contribution is -0.126. The van der Waals surface area contributed by atoms with Gasteiger partial charge in [-0.3, -0.25) is 4.79 Å². The number of hydrogen-bond donors (Lipinski definition) is 0. The number of carbonyl (C=O) groups excluding carboxylic acids is 1. The topological polar surface area (TPSA) is 29.5 Å². The van der Waals surface area contributed by atoms with E-state index in [-0.39, 0.29) is 5.91 Å². The highest BCUT2D eigenvalue weighted by Crippen LogP contribution is 2.19. The molecule has 2 aromatic carbocycles. The molecule has 0 radical (unpaired) electrons. The van der Waals surface area contributed by atoms with Crippen molar-refractivity contribution in [1.29, 1.82) is 0 Å². The van der Waals surface area contributed by atoms with Gasteiger partial charge in [-0.25, -0.2) is 0 Å². The van der Waals surface area contributed by atoms with Gasteiger partial charge in [-0.15, -0.1) is 0 Å². The molecule has 0 aliphatic rings. The molecule has 0 aliphatic carbocycles. The Morgan fingerprint density at radius 1 is 0.842 bits per heavy atom. The van der Waals surface area contributed by atoms with E-state index in [9.17, 15) is 4.79 Å². The van der Waals surface area contributed by atoms with Crippen LogP contribution in [-0.2, 0) is 4.79 Å². The first-order chi connectivity index (χ1) is 9.09. The lowest BCUT2D eigenvalue weighted by atomic mass is 10.3. The molecule has 100 valence electrons. The standard InChI is InChI=1S/C12H10O.C4H9NO/c1-3-7-11(8-4-1)13-12-9-5-2-6-10-12;1-4(6)5(2)3/h1-10H;1-3H3. The van der Waals surface area contributed by atoms with E-state index in [2.05, 4.69) is 0 Å². The Balaban J connectivity index is 0.000000258. The second-order valence-electron chi connectivity index (χ2n) is 4.14. The van der Waals surface area contributed by atoms with Crippen molar-refractivity contribution < 1.29 is 9.53 Å². The number of benzene rings is 2. The van der Waals surface area contributed by atoms with E-state index in [0.29, 0.717) is 0 Å². The summed E-state index contributed by atoms with van der Waals surface area (Å²) < 4.78 is 5.58. The van der Waals surface area contributed by atoms with Crippen molar-refractivity contribution in [3.05, 3.63) is 60.7 Å². The van der Waals surface area contributed by atoms with Crippen LogP contribution in [0.4, 0.5) is 0 Å². The molecular formula is C16H19NO2. The molecule has 0 heterocycles. The fourth-order valence-electron chi connectivity index (χ4n) is 1.11. The van der Waals surface area contributed by atoms with Crippen LogP contribution >= 0.6 is 0 Å². The van der Waals surface area contributed by atoms with Crippen LogP contribution in [0.1, 0.15) is 6.92 Å². The molecule has 0 atom stereocenters. The summed E-state index contributed by atoms with van der Waals surface area (Å²) in [4.78, 5) is 11.6. The van der Waals surface area contributed by atoms with Crippen LogP contribution < -0.4 is 4.74 Å². The van der Waals surface area contributed by atoms with Crippen molar-refractivity contribution in [2.24, 2.45) is 0 Å². The molecule has 0 unspecified atom stereocenters. The third-order valence-corrected chi connectivity index (χ3v) is 2.35. The third-order valence-electron chi connectivity index (χ3n) is 2.35. The van der Waals surface area contributed by atoms with Gasteiger partial charge in [0, 0.05) is 21.0 Å². The predicted molar refractivity (Wildman–Crippen MR) is 77.3 cm³/mol. The molecule has 0 fully saturated rings. The number of carbonyl (C=O) groups is 1. The minimum atomic E-state index is 0.0926. The molecule has 0 spiro atoms. The summed E-state index contributed by atoms with van der Waals surface area (Å²) in [6.45, 7) is 1.53. The Labute approximate surface area is 114 Å². The Morgan fingerprint density at radius 2 is 1.16 bits per heavy atom. The summed E-state index contributed by atoms with van der Waals surface area (Å²) >= 11 is 0. The maximum Gasteiger partial charge on any atom is 0.218 e. The zero-order valence-electron chi connectivity index (χ0n) is 11.5. The Bertz CT molecular complexity index is 443. The molecule has 0 aliphatic heterocycles. The highest BCUT2D eigenvalue weighted by molar-refractivity contribution is 5.72. The summed E-state index contributed by atoms with van der Waals surface area (Å²) in [5, 5.41) is 0. The molecule has 0 bridgehead atoms. The van der Waals surface area contributed by atoms with E-state index in [1.54, 1.807) is 14.1 Å². The highest BCUT2D eigenvalue weighted by atomic mass is 16.5. The molecule has 0 saturated carbocycles. The average molecular weight is 257 g/mol. The van der Waals surface area contributed by atoms with Crippen molar-refractivity contribution in [3.8, 4) is 11.5 Å². The smallest absolute Gasteiger partial charge is 0.218 e. The first kappa shape index (κ1) is 14.8. The van der Waals surface area contributed by atoms with Crippen LogP contribution in [0.15, 0.2) is 60.7 Å². The second-order valence-corrected chi connectivity index (χ2v) is 4.14. The molecule has 3 heteroatoms. The maximum absolute atomic E-state index is 10.1. The van der Waals surface area contributed by atoms with Crippen LogP contribution in [0, 0.1) is 0 Å². The summed E-state index contributed by atoms with van der Waals surface area (Å²) in [5.74, 6) is 1.83. The molecular weight excluding hydrogens is 238 g/mol. The lowest BCUT2D eigenvalue weighted by Gasteiger charge is -2.03. The fraction of sp³-hybridized carbons (Fsp3) is 0.188. The third kappa shape index (κ3) is 6.27. The molecule has 0 N–H and O–H groups in total. The van der Waals surface area contributed by atoms with Gasteiger partial charge < -0.3 is 9.64 Å². The van der Waals surface area contributed by atoms with Crippen molar-refractivity contribution in [2.75, 3.05) is 14.1 Å². The van der Waals surface area contributed by atoms with Crippen LogP contribution in [0.3, 0.4) is 0 Å². The molecule has 0 saturated heterocycles. The van der Waals surface area contributed by atoms with Crippen molar-refractivity contribution in [2.45, 2.75) is 6.92 Å². The zero-order valence-corrected chi connectivity index (χ0v) is 11.5. The molecule has 0 aromatic heterocycles. The quantitative estimate of drug-likeness (QED) is 0.823. The van der Waals surface area contributed by atoms with E-state index < -0.39 is 0 Å². The van der Waals surface area contributed by atoms with Crippen molar-refractivity contribution in [1.82, 2.24) is 4.90 Å². The van der Waals surface area contributed by atoms with Crippen molar-refractivity contribution >= 4 is 5.91 Å². The lowest BCUT2D eigenvalue weighted by Crippen LogP contribution is -2.17. The van der Waals surface area contributed by atoms with Crippen LogP contribution in [0.25, 0.3) is 0 Å². The zero-order chi connectivity index (χ0) is 14.1. The Hall–Kier alpha value is -2.29. The highest BCUT2D eigenvalue weighted by Gasteiger charge is 1.92. The number of rotatable bonds is 2. The van der Waals surface area contributed by atoms with Crippen LogP contribution in [0.5, 0.6) is 11.5 Å². The molecule has 3 nitrogen and oxygen atoms in total. The largest absolute Gasteiger partial charge is 0.457 e. The Kier molecular flexibility index (Phi) is 6.16. The first-order valence-electron chi connectivity index (χ1n) is 6.05. The summed E-state index contributed by atoms with van der Waals surface area (Å²) in [6, 6.07) is 19.5. The van der Waals surface area contributed by atoms with E-state index in [1.165, 1.54) is 11.8 Å². The van der Waals surface area contributed by atoms with Crippen molar-refractivity contribution in [3.63, 3.8) is 0 Å². The monoisotopic (exact) mass is 257 g/mol. The van der Waals surface area contributed by atoms with Gasteiger partial charge in [0.2, 0.25) is 5.91 Å². The number of nitrogens with zero attached hydrogens (tertiary/aromatic N) is 1. The average Bonchev–Trinajstić information content (AvgIpc) is 2.41. The second kappa shape index (κ2) is 7.93. The number of hydrogen-bond acceptors (Lipinski definition) is 2. The van der Waals surface area contributed by atoms with Gasteiger partial charge in [0.15, 0.2) is 0 Å². The van der Waals surface area contributed by atoms with Gasteiger partial charge in [-0.1, -0.05) is 36.4 Å². The van der Waals surface area contributed by atoms with Gasteiger partial charge in [0.1, 0.15) is 11.5 Å². The summed E-state index contributed by atoms with van der Waals surface area (Å²) in [7, 11) is 3.45. The molecule has 2 rings (SSSR count). The SMILES string of the molecule is CC(=O)N(C)C.c1ccc(Oc2ccccc2)cc1. The maximum atomic E-state index is 10.1. The number of ether oxygens (including phenoxy) is 1. The number of para-hydroxylation sites is 2. The van der Waals surface area contributed by atoms with E-state index in [1.807, 2.05) is 60.7 Å². The predicted octanol–water partition coefficient (Wildman–Crippen LogP) is 3.57. The van der Waals surface area contributed by atoms with E-state index in [4.69, 9.17) is 4.74 Å². The fourth-order valence-corrected chi connectivity index (χ4v) is 1.11. The molecule has 1 amide bonds.